The molecule has 2 aromatic rings. The molecular formula is C23H24ClF2NO5S2. The van der Waals surface area contributed by atoms with Crippen LogP contribution in [0, 0.1) is 23.5 Å². The highest BCUT2D eigenvalue weighted by Crippen LogP contribution is 2.58. The zero-order valence-electron chi connectivity index (χ0n) is 18.1. The smallest absolute Gasteiger partial charge is 0.214 e. The quantitative estimate of drug-likeness (QED) is 0.604. The molecule has 0 spiro atoms. The first-order valence-corrected chi connectivity index (χ1v) is 14.6. The first-order valence-electron chi connectivity index (χ1n) is 11.2. The zero-order valence-corrected chi connectivity index (χ0v) is 20.5. The molecule has 0 bridgehead atoms. The van der Waals surface area contributed by atoms with Gasteiger partial charge in [-0.15, -0.1) is 0 Å². The van der Waals surface area contributed by atoms with Crippen molar-refractivity contribution >= 4 is 31.5 Å². The van der Waals surface area contributed by atoms with Crippen LogP contribution >= 0.6 is 11.6 Å². The zero-order chi connectivity index (χ0) is 24.3. The molecule has 2 aliphatic carbocycles. The summed E-state index contributed by atoms with van der Waals surface area (Å²) in [5, 5.41) is -0.0814. The summed E-state index contributed by atoms with van der Waals surface area (Å²) in [5.74, 6) is -3.32. The maximum absolute atomic E-state index is 15.3. The third-order valence-corrected chi connectivity index (χ3v) is 12.0. The average molecular weight is 532 g/mol. The van der Waals surface area contributed by atoms with Crippen LogP contribution in [0.1, 0.15) is 37.7 Å². The molecule has 3 aliphatic rings. The number of halogens is 3. The highest BCUT2D eigenvalue weighted by molar-refractivity contribution is 7.92. The van der Waals surface area contributed by atoms with Crippen LogP contribution in [0.4, 0.5) is 8.78 Å². The average Bonchev–Trinajstić information content (AvgIpc) is 3.66. The Hall–Kier alpha value is -1.75. The number of fused-ring (bicyclic) bond motifs is 3. The summed E-state index contributed by atoms with van der Waals surface area (Å²) in [6, 6.07) is 7.42. The molecule has 1 aliphatic heterocycles. The van der Waals surface area contributed by atoms with Crippen molar-refractivity contribution in [1.29, 1.82) is 0 Å². The van der Waals surface area contributed by atoms with Crippen molar-refractivity contribution < 1.29 is 30.4 Å². The van der Waals surface area contributed by atoms with Gasteiger partial charge in [-0.1, -0.05) is 18.0 Å². The predicted molar refractivity (Wildman–Crippen MR) is 123 cm³/mol. The lowest BCUT2D eigenvalue weighted by Gasteiger charge is -2.50. The van der Waals surface area contributed by atoms with Gasteiger partial charge in [0.2, 0.25) is 10.0 Å². The van der Waals surface area contributed by atoms with E-state index in [1.165, 1.54) is 24.3 Å². The second kappa shape index (κ2) is 8.43. The van der Waals surface area contributed by atoms with Crippen LogP contribution in [-0.2, 0) is 24.6 Å². The summed E-state index contributed by atoms with van der Waals surface area (Å²) in [5.41, 5.74) is -0.312. The highest BCUT2D eigenvalue weighted by atomic mass is 35.5. The van der Waals surface area contributed by atoms with E-state index in [9.17, 15) is 21.2 Å². The molecule has 1 heterocycles. The number of ether oxygens (including phenoxy) is 1. The van der Waals surface area contributed by atoms with Gasteiger partial charge in [0, 0.05) is 17.5 Å². The Morgan fingerprint density at radius 3 is 2.35 bits per heavy atom. The van der Waals surface area contributed by atoms with E-state index < -0.39 is 59.1 Å². The molecule has 3 atom stereocenters. The standard InChI is InChI=1S/C23H24ClF2NO5S2/c24-15-3-5-16(6-4-15)33(28,29)23-11-1-2-14(12-27-34(30,31)17-7-8-17)18(23)13-32-22-20(26)10-9-19(25)21(22)23/h3-6,9-10,14,17-18,27H,1-2,7-8,11-13H2/t14-,18?,23-/m0/s1. The van der Waals surface area contributed by atoms with Crippen LogP contribution in [0.2, 0.25) is 5.02 Å². The van der Waals surface area contributed by atoms with Crippen LogP contribution in [0.5, 0.6) is 5.75 Å². The summed E-state index contributed by atoms with van der Waals surface area (Å²) in [7, 11) is -7.77. The Kier molecular flexibility index (Phi) is 5.94. The van der Waals surface area contributed by atoms with E-state index in [4.69, 9.17) is 16.3 Å². The summed E-state index contributed by atoms with van der Waals surface area (Å²) < 4.78 is 89.8. The Morgan fingerprint density at radius 2 is 1.68 bits per heavy atom. The summed E-state index contributed by atoms with van der Waals surface area (Å²) in [4.78, 5) is -0.0578. The normalized spacial score (nSPS) is 26.9. The largest absolute Gasteiger partial charge is 0.490 e. The van der Waals surface area contributed by atoms with E-state index >= 15 is 4.39 Å². The molecule has 2 saturated carbocycles. The van der Waals surface area contributed by atoms with E-state index in [0.717, 1.165) is 12.1 Å². The summed E-state index contributed by atoms with van der Waals surface area (Å²) >= 11 is 5.96. The van der Waals surface area contributed by atoms with E-state index in [1.54, 1.807) is 0 Å². The Labute approximate surface area is 202 Å². The molecule has 0 amide bonds. The van der Waals surface area contributed by atoms with Crippen molar-refractivity contribution in [1.82, 2.24) is 4.72 Å². The van der Waals surface area contributed by atoms with Crippen molar-refractivity contribution in [2.75, 3.05) is 13.2 Å². The Balaban J connectivity index is 1.65. The number of rotatable bonds is 6. The molecular weight excluding hydrogens is 508 g/mol. The second-order valence-electron chi connectivity index (χ2n) is 9.24. The van der Waals surface area contributed by atoms with E-state index in [-0.39, 0.29) is 30.0 Å². The number of sulfone groups is 1. The maximum Gasteiger partial charge on any atom is 0.214 e. The van der Waals surface area contributed by atoms with Gasteiger partial charge in [-0.05, 0) is 68.0 Å². The third kappa shape index (κ3) is 3.73. The molecule has 2 aromatic carbocycles. The van der Waals surface area contributed by atoms with Gasteiger partial charge in [0.25, 0.3) is 0 Å². The SMILES string of the molecule is O=S(=O)(NC[C@@H]1CCC[C@@]2(S(=O)(=O)c3ccc(Cl)cc3)c3c(F)ccc(F)c3OCC12)C1CC1. The van der Waals surface area contributed by atoms with Gasteiger partial charge >= 0.3 is 0 Å². The fourth-order valence-corrected chi connectivity index (χ4v) is 9.48. The van der Waals surface area contributed by atoms with Crippen molar-refractivity contribution in [2.24, 2.45) is 11.8 Å². The minimum absolute atomic E-state index is 0.0109. The van der Waals surface area contributed by atoms with E-state index in [2.05, 4.69) is 4.72 Å². The van der Waals surface area contributed by atoms with Gasteiger partial charge in [0.1, 0.15) is 10.6 Å². The minimum atomic E-state index is -4.27. The fourth-order valence-electron chi connectivity index (χ4n) is 5.47. The number of hydrogen-bond acceptors (Lipinski definition) is 5. The van der Waals surface area contributed by atoms with Crippen LogP contribution in [-0.4, -0.2) is 35.2 Å². The number of hydrogen-bond donors (Lipinski definition) is 1. The lowest BCUT2D eigenvalue weighted by molar-refractivity contribution is 0.0771. The first-order chi connectivity index (χ1) is 16.1. The van der Waals surface area contributed by atoms with Gasteiger partial charge in [-0.2, -0.15) is 0 Å². The lowest BCUT2D eigenvalue weighted by atomic mass is 9.67. The Bertz CT molecular complexity index is 1330. The molecule has 0 saturated heterocycles. The van der Waals surface area contributed by atoms with Gasteiger partial charge in [0.05, 0.1) is 22.3 Å². The van der Waals surface area contributed by atoms with E-state index in [1.807, 2.05) is 0 Å². The molecule has 0 radical (unpaired) electrons. The molecule has 1 N–H and O–H groups in total. The fraction of sp³-hybridized carbons (Fsp3) is 0.478. The topological polar surface area (TPSA) is 89.5 Å². The molecule has 34 heavy (non-hydrogen) atoms. The summed E-state index contributed by atoms with van der Waals surface area (Å²) in [6.45, 7) is -0.160. The predicted octanol–water partition coefficient (Wildman–Crippen LogP) is 4.18. The number of benzene rings is 2. The molecule has 0 aromatic heterocycles. The molecule has 5 rings (SSSR count). The Morgan fingerprint density at radius 1 is 1.00 bits per heavy atom. The third-order valence-electron chi connectivity index (χ3n) is 7.29. The van der Waals surface area contributed by atoms with Gasteiger partial charge in [0.15, 0.2) is 21.4 Å². The second-order valence-corrected chi connectivity index (χ2v) is 13.9. The van der Waals surface area contributed by atoms with Crippen LogP contribution in [0.3, 0.4) is 0 Å². The van der Waals surface area contributed by atoms with Crippen molar-refractivity contribution in [2.45, 2.75) is 47.0 Å². The first kappa shape index (κ1) is 24.0. The molecule has 1 unspecified atom stereocenters. The van der Waals surface area contributed by atoms with Crippen molar-refractivity contribution in [3.8, 4) is 5.75 Å². The maximum atomic E-state index is 15.3. The van der Waals surface area contributed by atoms with Gasteiger partial charge < -0.3 is 4.74 Å². The monoisotopic (exact) mass is 531 g/mol. The molecule has 6 nitrogen and oxygen atoms in total. The van der Waals surface area contributed by atoms with Crippen LogP contribution < -0.4 is 9.46 Å². The van der Waals surface area contributed by atoms with Crippen molar-refractivity contribution in [3.05, 3.63) is 58.6 Å². The molecule has 2 fully saturated rings. The number of sulfonamides is 1. The van der Waals surface area contributed by atoms with Gasteiger partial charge in [-0.25, -0.2) is 30.3 Å². The highest BCUT2D eigenvalue weighted by Gasteiger charge is 2.61. The lowest BCUT2D eigenvalue weighted by Crippen LogP contribution is -2.55. The van der Waals surface area contributed by atoms with Crippen LogP contribution in [0.25, 0.3) is 0 Å². The van der Waals surface area contributed by atoms with Crippen LogP contribution in [0.15, 0.2) is 41.3 Å². The minimum Gasteiger partial charge on any atom is -0.490 e. The van der Waals surface area contributed by atoms with E-state index in [0.29, 0.717) is 30.7 Å². The molecule has 184 valence electrons. The van der Waals surface area contributed by atoms with Gasteiger partial charge in [-0.3, -0.25) is 0 Å². The number of nitrogens with one attached hydrogen (secondary N) is 1. The molecule has 11 heteroatoms. The van der Waals surface area contributed by atoms with Crippen molar-refractivity contribution in [3.63, 3.8) is 0 Å². The summed E-state index contributed by atoms with van der Waals surface area (Å²) in [6.07, 6.45) is 2.18.